The van der Waals surface area contributed by atoms with E-state index in [-0.39, 0.29) is 5.82 Å². The summed E-state index contributed by atoms with van der Waals surface area (Å²) in [6.07, 6.45) is 0. The zero-order chi connectivity index (χ0) is 13.8. The third kappa shape index (κ3) is 3.48. The SMILES string of the molecule is CN(Cc1cccc(Cl)c1)c1c(F)cccc1CBr. The molecule has 100 valence electrons. The summed E-state index contributed by atoms with van der Waals surface area (Å²) in [5, 5.41) is 1.32. The van der Waals surface area contributed by atoms with E-state index < -0.39 is 0 Å². The van der Waals surface area contributed by atoms with Crippen LogP contribution < -0.4 is 4.90 Å². The van der Waals surface area contributed by atoms with Crippen molar-refractivity contribution in [1.82, 2.24) is 0 Å². The van der Waals surface area contributed by atoms with Crippen molar-refractivity contribution in [3.05, 3.63) is 64.4 Å². The molecule has 0 saturated heterocycles. The minimum Gasteiger partial charge on any atom is -0.368 e. The molecule has 0 N–H and O–H groups in total. The summed E-state index contributed by atoms with van der Waals surface area (Å²) < 4.78 is 14.0. The van der Waals surface area contributed by atoms with Gasteiger partial charge in [-0.15, -0.1) is 0 Å². The molecule has 0 saturated carbocycles. The highest BCUT2D eigenvalue weighted by atomic mass is 79.9. The maximum atomic E-state index is 14.0. The van der Waals surface area contributed by atoms with Crippen LogP contribution in [0.4, 0.5) is 10.1 Å². The van der Waals surface area contributed by atoms with Crippen LogP contribution in [0.5, 0.6) is 0 Å². The number of anilines is 1. The lowest BCUT2D eigenvalue weighted by molar-refractivity contribution is 0.620. The molecule has 4 heteroatoms. The summed E-state index contributed by atoms with van der Waals surface area (Å²) in [4.78, 5) is 1.90. The third-order valence-electron chi connectivity index (χ3n) is 2.90. The molecule has 0 aliphatic heterocycles. The Bertz CT molecular complexity index is 574. The fourth-order valence-corrected chi connectivity index (χ4v) is 2.75. The van der Waals surface area contributed by atoms with E-state index in [1.54, 1.807) is 6.07 Å². The van der Waals surface area contributed by atoms with E-state index >= 15 is 0 Å². The van der Waals surface area contributed by atoms with E-state index in [0.29, 0.717) is 22.6 Å². The topological polar surface area (TPSA) is 3.24 Å². The van der Waals surface area contributed by atoms with Gasteiger partial charge in [-0.1, -0.05) is 51.8 Å². The standard InChI is InChI=1S/C15H14BrClFN/c1-19(10-11-4-2-6-13(17)8-11)15-12(9-16)5-3-7-14(15)18/h2-8H,9-10H2,1H3. The molecule has 0 aliphatic rings. The van der Waals surface area contributed by atoms with Crippen molar-refractivity contribution in [2.75, 3.05) is 11.9 Å². The molecule has 2 rings (SSSR count). The fraction of sp³-hybridized carbons (Fsp3) is 0.200. The highest BCUT2D eigenvalue weighted by Gasteiger charge is 2.12. The Labute approximate surface area is 126 Å². The van der Waals surface area contributed by atoms with Crippen LogP contribution in [0.1, 0.15) is 11.1 Å². The van der Waals surface area contributed by atoms with Gasteiger partial charge in [0.25, 0.3) is 0 Å². The lowest BCUT2D eigenvalue weighted by Gasteiger charge is -2.22. The van der Waals surface area contributed by atoms with Crippen LogP contribution in [0.25, 0.3) is 0 Å². The van der Waals surface area contributed by atoms with E-state index in [2.05, 4.69) is 15.9 Å². The first kappa shape index (κ1) is 14.4. The maximum absolute atomic E-state index is 14.0. The lowest BCUT2D eigenvalue weighted by atomic mass is 10.1. The predicted molar refractivity (Wildman–Crippen MR) is 82.6 cm³/mol. The van der Waals surface area contributed by atoms with Crippen LogP contribution in [0.3, 0.4) is 0 Å². The Morgan fingerprint density at radius 2 is 1.95 bits per heavy atom. The van der Waals surface area contributed by atoms with Crippen LogP contribution >= 0.6 is 27.5 Å². The Balaban J connectivity index is 2.27. The normalized spacial score (nSPS) is 10.5. The molecular weight excluding hydrogens is 329 g/mol. The highest BCUT2D eigenvalue weighted by Crippen LogP contribution is 2.27. The van der Waals surface area contributed by atoms with Crippen molar-refractivity contribution in [2.24, 2.45) is 0 Å². The van der Waals surface area contributed by atoms with Crippen LogP contribution in [-0.2, 0) is 11.9 Å². The number of benzene rings is 2. The van der Waals surface area contributed by atoms with Gasteiger partial charge in [-0.2, -0.15) is 0 Å². The molecular formula is C15H14BrClFN. The van der Waals surface area contributed by atoms with Gasteiger partial charge in [0.1, 0.15) is 5.82 Å². The van der Waals surface area contributed by atoms with Gasteiger partial charge >= 0.3 is 0 Å². The van der Waals surface area contributed by atoms with E-state index in [9.17, 15) is 4.39 Å². The second-order valence-corrected chi connectivity index (χ2v) is 5.36. The van der Waals surface area contributed by atoms with Gasteiger partial charge in [0.05, 0.1) is 5.69 Å². The summed E-state index contributed by atoms with van der Waals surface area (Å²) >= 11 is 9.36. The molecule has 0 heterocycles. The summed E-state index contributed by atoms with van der Waals surface area (Å²) in [5.74, 6) is -0.207. The van der Waals surface area contributed by atoms with Gasteiger partial charge in [0.2, 0.25) is 0 Å². The Hall–Kier alpha value is -1.06. The molecule has 2 aromatic carbocycles. The summed E-state index contributed by atoms with van der Waals surface area (Å²) in [6, 6.07) is 12.7. The molecule has 0 amide bonds. The monoisotopic (exact) mass is 341 g/mol. The zero-order valence-corrected chi connectivity index (χ0v) is 12.9. The first-order chi connectivity index (χ1) is 9.11. The van der Waals surface area contributed by atoms with Gasteiger partial charge in [0, 0.05) is 23.9 Å². The van der Waals surface area contributed by atoms with Gasteiger partial charge in [-0.3, -0.25) is 0 Å². The van der Waals surface area contributed by atoms with Crippen LogP contribution in [0.15, 0.2) is 42.5 Å². The van der Waals surface area contributed by atoms with Crippen molar-refractivity contribution < 1.29 is 4.39 Å². The largest absolute Gasteiger partial charge is 0.368 e. The van der Waals surface area contributed by atoms with E-state index in [0.717, 1.165) is 11.1 Å². The number of rotatable bonds is 4. The van der Waals surface area contributed by atoms with E-state index in [1.807, 2.05) is 42.3 Å². The molecule has 1 nitrogen and oxygen atoms in total. The van der Waals surface area contributed by atoms with Crippen molar-refractivity contribution in [3.63, 3.8) is 0 Å². The second-order valence-electron chi connectivity index (χ2n) is 4.37. The highest BCUT2D eigenvalue weighted by molar-refractivity contribution is 9.08. The Kier molecular flexibility index (Phi) is 4.83. The van der Waals surface area contributed by atoms with E-state index in [4.69, 9.17) is 11.6 Å². The molecule has 0 bridgehead atoms. The predicted octanol–water partition coefficient (Wildman–Crippen LogP) is 5.01. The van der Waals surface area contributed by atoms with Gasteiger partial charge < -0.3 is 4.90 Å². The molecule has 0 radical (unpaired) electrons. The number of nitrogens with zero attached hydrogens (tertiary/aromatic N) is 1. The third-order valence-corrected chi connectivity index (χ3v) is 3.74. The molecule has 0 fully saturated rings. The minimum atomic E-state index is -0.207. The smallest absolute Gasteiger partial charge is 0.146 e. The maximum Gasteiger partial charge on any atom is 0.146 e. The zero-order valence-electron chi connectivity index (χ0n) is 10.5. The van der Waals surface area contributed by atoms with Crippen molar-refractivity contribution in [3.8, 4) is 0 Å². The van der Waals surface area contributed by atoms with Crippen LogP contribution in [0.2, 0.25) is 5.02 Å². The molecule has 0 aliphatic carbocycles. The molecule has 0 atom stereocenters. The summed E-state index contributed by atoms with van der Waals surface area (Å²) in [7, 11) is 1.88. The molecule has 2 aromatic rings. The van der Waals surface area contributed by atoms with Crippen molar-refractivity contribution in [1.29, 1.82) is 0 Å². The first-order valence-electron chi connectivity index (χ1n) is 5.90. The molecule has 19 heavy (non-hydrogen) atoms. The van der Waals surface area contributed by atoms with E-state index in [1.165, 1.54) is 6.07 Å². The molecule has 0 spiro atoms. The van der Waals surface area contributed by atoms with Gasteiger partial charge in [-0.05, 0) is 29.3 Å². The molecule has 0 unspecified atom stereocenters. The minimum absolute atomic E-state index is 0.207. The fourth-order valence-electron chi connectivity index (χ4n) is 2.08. The van der Waals surface area contributed by atoms with Gasteiger partial charge in [0.15, 0.2) is 0 Å². The van der Waals surface area contributed by atoms with Crippen molar-refractivity contribution in [2.45, 2.75) is 11.9 Å². The molecule has 0 aromatic heterocycles. The quantitative estimate of drug-likeness (QED) is 0.706. The average molecular weight is 343 g/mol. The Morgan fingerprint density at radius 3 is 2.63 bits per heavy atom. The lowest BCUT2D eigenvalue weighted by Crippen LogP contribution is -2.19. The number of para-hydroxylation sites is 1. The van der Waals surface area contributed by atoms with Gasteiger partial charge in [-0.25, -0.2) is 4.39 Å². The first-order valence-corrected chi connectivity index (χ1v) is 7.40. The number of hydrogen-bond acceptors (Lipinski definition) is 1. The van der Waals surface area contributed by atoms with Crippen LogP contribution in [0, 0.1) is 5.82 Å². The van der Waals surface area contributed by atoms with Crippen LogP contribution in [-0.4, -0.2) is 7.05 Å². The number of halogens is 3. The number of hydrogen-bond donors (Lipinski definition) is 0. The number of alkyl halides is 1. The summed E-state index contributed by atoms with van der Waals surface area (Å²) in [5.41, 5.74) is 2.61. The second kappa shape index (κ2) is 6.40. The van der Waals surface area contributed by atoms with Crippen molar-refractivity contribution >= 4 is 33.2 Å². The Morgan fingerprint density at radius 1 is 1.21 bits per heavy atom. The average Bonchev–Trinajstić information content (AvgIpc) is 2.38. The summed E-state index contributed by atoms with van der Waals surface area (Å²) in [6.45, 7) is 0.613.